The van der Waals surface area contributed by atoms with Gasteiger partial charge in [0.05, 0.1) is 6.61 Å². The molecule has 0 aromatic carbocycles. The smallest absolute Gasteiger partial charge is 0.328 e. The third-order valence-electron chi connectivity index (χ3n) is 1.10. The SMILES string of the molecule is O=C(O)/C=C\[C@H]1COCO1. The van der Waals surface area contributed by atoms with E-state index in [0.717, 1.165) is 6.08 Å². The predicted molar refractivity (Wildman–Crippen MR) is 32.5 cm³/mol. The van der Waals surface area contributed by atoms with E-state index < -0.39 is 5.97 Å². The molecule has 1 N–H and O–H groups in total. The monoisotopic (exact) mass is 144 g/mol. The minimum atomic E-state index is -0.962. The van der Waals surface area contributed by atoms with Gasteiger partial charge >= 0.3 is 5.97 Å². The highest BCUT2D eigenvalue weighted by atomic mass is 16.7. The van der Waals surface area contributed by atoms with Crippen LogP contribution in [-0.4, -0.2) is 30.6 Å². The Morgan fingerprint density at radius 1 is 1.70 bits per heavy atom. The Bertz CT molecular complexity index is 146. The second-order valence-corrected chi connectivity index (χ2v) is 1.89. The standard InChI is InChI=1S/C6H8O4/c7-6(8)2-1-5-3-9-4-10-5/h1-2,5H,3-4H2,(H,7,8)/b2-1-/t5-/m0/s1. The Hall–Kier alpha value is -0.870. The van der Waals surface area contributed by atoms with Crippen LogP contribution in [0.4, 0.5) is 0 Å². The van der Waals surface area contributed by atoms with Gasteiger partial charge in [0.1, 0.15) is 12.9 Å². The van der Waals surface area contributed by atoms with Crippen LogP contribution in [0.3, 0.4) is 0 Å². The van der Waals surface area contributed by atoms with E-state index in [0.29, 0.717) is 6.61 Å². The second-order valence-electron chi connectivity index (χ2n) is 1.89. The maximum absolute atomic E-state index is 9.97. The fourth-order valence-corrected chi connectivity index (χ4v) is 0.649. The predicted octanol–water partition coefficient (Wildman–Crippen LogP) is 0.0001000. The molecule has 0 saturated carbocycles. The molecule has 0 aromatic rings. The fourth-order valence-electron chi connectivity index (χ4n) is 0.649. The molecule has 4 nitrogen and oxygen atoms in total. The number of carbonyl (C=O) groups is 1. The molecule has 0 amide bonds. The Morgan fingerprint density at radius 2 is 2.50 bits per heavy atom. The summed E-state index contributed by atoms with van der Waals surface area (Å²) in [7, 11) is 0. The zero-order valence-electron chi connectivity index (χ0n) is 5.32. The second kappa shape index (κ2) is 3.34. The van der Waals surface area contributed by atoms with Crippen LogP contribution in [0, 0.1) is 0 Å². The van der Waals surface area contributed by atoms with E-state index in [-0.39, 0.29) is 12.9 Å². The van der Waals surface area contributed by atoms with Crippen molar-refractivity contribution in [3.63, 3.8) is 0 Å². The van der Waals surface area contributed by atoms with Gasteiger partial charge in [-0.1, -0.05) is 0 Å². The summed E-state index contributed by atoms with van der Waals surface area (Å²) in [4.78, 5) is 9.97. The molecule has 1 atom stereocenters. The number of carboxylic acid groups (broad SMARTS) is 1. The normalized spacial score (nSPS) is 25.8. The van der Waals surface area contributed by atoms with E-state index in [1.165, 1.54) is 6.08 Å². The first kappa shape index (κ1) is 7.24. The minimum Gasteiger partial charge on any atom is -0.478 e. The maximum atomic E-state index is 9.97. The van der Waals surface area contributed by atoms with Gasteiger partial charge < -0.3 is 14.6 Å². The molecule has 0 bridgehead atoms. The van der Waals surface area contributed by atoms with Gasteiger partial charge in [0, 0.05) is 6.08 Å². The molecule has 0 aliphatic carbocycles. The molecule has 1 fully saturated rings. The van der Waals surface area contributed by atoms with Gasteiger partial charge in [-0.25, -0.2) is 4.79 Å². The Balaban J connectivity index is 2.29. The highest BCUT2D eigenvalue weighted by Gasteiger charge is 2.11. The first-order valence-corrected chi connectivity index (χ1v) is 2.89. The van der Waals surface area contributed by atoms with Gasteiger partial charge in [-0.2, -0.15) is 0 Å². The average molecular weight is 144 g/mol. The van der Waals surface area contributed by atoms with Crippen molar-refractivity contribution in [1.29, 1.82) is 0 Å². The summed E-state index contributed by atoms with van der Waals surface area (Å²) in [5.41, 5.74) is 0. The molecule has 10 heavy (non-hydrogen) atoms. The van der Waals surface area contributed by atoms with E-state index in [1.54, 1.807) is 0 Å². The van der Waals surface area contributed by atoms with Crippen LogP contribution < -0.4 is 0 Å². The van der Waals surface area contributed by atoms with Crippen molar-refractivity contribution in [1.82, 2.24) is 0 Å². The van der Waals surface area contributed by atoms with Gasteiger partial charge in [0.25, 0.3) is 0 Å². The van der Waals surface area contributed by atoms with Crippen molar-refractivity contribution in [2.75, 3.05) is 13.4 Å². The lowest BCUT2D eigenvalue weighted by molar-refractivity contribution is -0.131. The summed E-state index contributed by atoms with van der Waals surface area (Å²) in [6.07, 6.45) is 2.34. The summed E-state index contributed by atoms with van der Waals surface area (Å²) in [5, 5.41) is 8.19. The van der Waals surface area contributed by atoms with E-state index in [4.69, 9.17) is 14.6 Å². The van der Waals surface area contributed by atoms with Crippen LogP contribution in [0.15, 0.2) is 12.2 Å². The van der Waals surface area contributed by atoms with Crippen LogP contribution in [-0.2, 0) is 14.3 Å². The van der Waals surface area contributed by atoms with Crippen molar-refractivity contribution in [2.45, 2.75) is 6.10 Å². The number of rotatable bonds is 2. The van der Waals surface area contributed by atoms with Crippen molar-refractivity contribution in [2.24, 2.45) is 0 Å². The van der Waals surface area contributed by atoms with Crippen LogP contribution in [0.2, 0.25) is 0 Å². The number of aliphatic carboxylic acids is 1. The largest absolute Gasteiger partial charge is 0.478 e. The molecule has 0 aromatic heterocycles. The molecule has 1 saturated heterocycles. The Labute approximate surface area is 58.1 Å². The summed E-state index contributed by atoms with van der Waals surface area (Å²) < 4.78 is 9.75. The van der Waals surface area contributed by atoms with Crippen LogP contribution >= 0.6 is 0 Å². The van der Waals surface area contributed by atoms with Crippen molar-refractivity contribution in [3.8, 4) is 0 Å². The Kier molecular flexibility index (Phi) is 2.42. The molecule has 0 unspecified atom stereocenters. The van der Waals surface area contributed by atoms with E-state index in [9.17, 15) is 4.79 Å². The van der Waals surface area contributed by atoms with Crippen molar-refractivity contribution in [3.05, 3.63) is 12.2 Å². The number of ether oxygens (including phenoxy) is 2. The molecule has 56 valence electrons. The van der Waals surface area contributed by atoms with Gasteiger partial charge in [-0.05, 0) is 6.08 Å². The van der Waals surface area contributed by atoms with Crippen LogP contribution in [0.1, 0.15) is 0 Å². The Morgan fingerprint density at radius 3 is 3.00 bits per heavy atom. The topological polar surface area (TPSA) is 55.8 Å². The fraction of sp³-hybridized carbons (Fsp3) is 0.500. The van der Waals surface area contributed by atoms with E-state index in [1.807, 2.05) is 0 Å². The van der Waals surface area contributed by atoms with Crippen molar-refractivity contribution >= 4 is 5.97 Å². The number of hydrogen-bond acceptors (Lipinski definition) is 3. The van der Waals surface area contributed by atoms with Gasteiger partial charge in [0.2, 0.25) is 0 Å². The average Bonchev–Trinajstić information content (AvgIpc) is 2.34. The molecule has 1 aliphatic rings. The van der Waals surface area contributed by atoms with Gasteiger partial charge in [-0.3, -0.25) is 0 Å². The molecule has 1 aliphatic heterocycles. The first-order chi connectivity index (χ1) is 4.79. The number of carboxylic acids is 1. The molecule has 0 radical (unpaired) electrons. The van der Waals surface area contributed by atoms with Crippen LogP contribution in [0.25, 0.3) is 0 Å². The van der Waals surface area contributed by atoms with Gasteiger partial charge in [0.15, 0.2) is 0 Å². The van der Waals surface area contributed by atoms with Crippen LogP contribution in [0.5, 0.6) is 0 Å². The quantitative estimate of drug-likeness (QED) is 0.554. The molecular formula is C6H8O4. The minimum absolute atomic E-state index is 0.184. The molecular weight excluding hydrogens is 136 g/mol. The molecule has 4 heteroatoms. The molecule has 1 rings (SSSR count). The lowest BCUT2D eigenvalue weighted by atomic mass is 10.3. The highest BCUT2D eigenvalue weighted by molar-refractivity contribution is 5.79. The van der Waals surface area contributed by atoms with Crippen molar-refractivity contribution < 1.29 is 19.4 Å². The number of hydrogen-bond donors (Lipinski definition) is 1. The summed E-state index contributed by atoms with van der Waals surface area (Å²) >= 11 is 0. The molecule has 0 spiro atoms. The third kappa shape index (κ3) is 2.16. The zero-order valence-corrected chi connectivity index (χ0v) is 5.32. The lowest BCUT2D eigenvalue weighted by Gasteiger charge is -1.95. The first-order valence-electron chi connectivity index (χ1n) is 2.89. The highest BCUT2D eigenvalue weighted by Crippen LogP contribution is 2.03. The van der Waals surface area contributed by atoms with Gasteiger partial charge in [-0.15, -0.1) is 0 Å². The van der Waals surface area contributed by atoms with E-state index in [2.05, 4.69) is 0 Å². The lowest BCUT2D eigenvalue weighted by Crippen LogP contribution is -2.05. The zero-order chi connectivity index (χ0) is 7.40. The summed E-state index contributed by atoms with van der Waals surface area (Å²) in [6.45, 7) is 0.707. The molecule has 1 heterocycles. The summed E-state index contributed by atoms with van der Waals surface area (Å²) in [5.74, 6) is -0.962. The van der Waals surface area contributed by atoms with E-state index >= 15 is 0 Å². The summed E-state index contributed by atoms with van der Waals surface area (Å²) in [6, 6.07) is 0. The third-order valence-corrected chi connectivity index (χ3v) is 1.10. The maximum Gasteiger partial charge on any atom is 0.328 e.